The molecule has 0 aliphatic rings. The highest BCUT2D eigenvalue weighted by atomic mass is 19.4. The molecule has 0 aliphatic heterocycles. The Balaban J connectivity index is 7.66. The van der Waals surface area contributed by atoms with Crippen LogP contribution in [0.15, 0.2) is 12.8 Å². The summed E-state index contributed by atoms with van der Waals surface area (Å²) in [6.45, 7) is 2.01. The molecule has 0 bridgehead atoms. The first-order valence-electron chi connectivity index (χ1n) is 9.56. The zero-order valence-corrected chi connectivity index (χ0v) is 19.7. The lowest BCUT2D eigenvalue weighted by Gasteiger charge is -2.45. The molecule has 46 heavy (non-hydrogen) atoms. The van der Waals surface area contributed by atoms with E-state index in [4.69, 9.17) is 0 Å². The molecule has 3 nitrogen and oxygen atoms in total. The number of carbonyl (C=O) groups excluding carboxylic acids is 1. The Hall–Kier alpha value is -2.72. The quantitative estimate of drug-likeness (QED) is 0.107. The van der Waals surface area contributed by atoms with Gasteiger partial charge in [0.05, 0.1) is 6.26 Å². The van der Waals surface area contributed by atoms with Crippen molar-refractivity contribution in [2.45, 2.75) is 77.6 Å². The van der Waals surface area contributed by atoms with Crippen molar-refractivity contribution in [3.8, 4) is 0 Å². The second-order valence-corrected chi connectivity index (χ2v) is 7.95. The second kappa shape index (κ2) is 10.9. The zero-order valence-electron chi connectivity index (χ0n) is 19.7. The van der Waals surface area contributed by atoms with E-state index in [0.717, 1.165) is 0 Å². The monoisotopic (exact) mass is 756 g/mol. The lowest BCUT2D eigenvalue weighted by Crippen LogP contribution is -2.78. The summed E-state index contributed by atoms with van der Waals surface area (Å²) in [5.74, 6) is -97.6. The van der Waals surface area contributed by atoms with Crippen molar-refractivity contribution in [1.82, 2.24) is 0 Å². The summed E-state index contributed by atoms with van der Waals surface area (Å²) in [5, 5.41) is 0. The Morgan fingerprint density at radius 3 is 0.848 bits per heavy atom. The zero-order chi connectivity index (χ0) is 38.2. The van der Waals surface area contributed by atoms with Gasteiger partial charge in [0.2, 0.25) is 0 Å². The van der Waals surface area contributed by atoms with Crippen LogP contribution in [0.4, 0.5) is 119 Å². The Morgan fingerprint density at radius 2 is 0.630 bits per heavy atom. The number of hydrogen-bond acceptors (Lipinski definition) is 3. The summed E-state index contributed by atoms with van der Waals surface area (Å²) in [5.41, 5.74) is 0. The molecule has 0 heterocycles. The average Bonchev–Trinajstić information content (AvgIpc) is 2.81. The van der Waals surface area contributed by atoms with E-state index in [-0.39, 0.29) is 0 Å². The normalized spacial score (nSPS) is 17.5. The Bertz CT molecular complexity index is 1140. The Labute approximate surface area is 230 Å². The number of carbonyl (C=O) groups is 1. The maximum absolute atomic E-state index is 14.4. The van der Waals surface area contributed by atoms with Crippen molar-refractivity contribution in [1.29, 1.82) is 0 Å². The summed E-state index contributed by atoms with van der Waals surface area (Å²) >= 11 is 0. The van der Waals surface area contributed by atoms with Crippen LogP contribution in [0.5, 0.6) is 0 Å². The second-order valence-electron chi connectivity index (χ2n) is 7.95. The van der Waals surface area contributed by atoms with E-state index in [1.54, 1.807) is 0 Å². The fourth-order valence-electron chi connectivity index (χ4n) is 2.38. The van der Waals surface area contributed by atoms with Crippen LogP contribution in [-0.4, -0.2) is 83.6 Å². The van der Waals surface area contributed by atoms with E-state index < -0.39 is 89.9 Å². The van der Waals surface area contributed by atoms with Crippen LogP contribution in [0.3, 0.4) is 0 Å². The van der Waals surface area contributed by atoms with Gasteiger partial charge in [0.15, 0.2) is 0 Å². The predicted molar refractivity (Wildman–Crippen MR) is 82.8 cm³/mol. The minimum absolute atomic E-state index is 0.958. The lowest BCUT2D eigenvalue weighted by molar-refractivity contribution is -0.493. The van der Waals surface area contributed by atoms with Gasteiger partial charge in [-0.05, 0) is 0 Å². The van der Waals surface area contributed by atoms with Crippen LogP contribution in [0, 0.1) is 0 Å². The van der Waals surface area contributed by atoms with Gasteiger partial charge in [-0.15, -0.1) is 0 Å². The van der Waals surface area contributed by atoms with Gasteiger partial charge in [-0.2, -0.15) is 119 Å². The number of ether oxygens (including phenoxy) is 2. The molecule has 0 saturated heterocycles. The van der Waals surface area contributed by atoms with Crippen molar-refractivity contribution >= 4 is 5.97 Å². The summed E-state index contributed by atoms with van der Waals surface area (Å²) in [7, 11) is 0. The van der Waals surface area contributed by atoms with E-state index in [2.05, 4.69) is 4.74 Å². The molecular weight excluding hydrogens is 753 g/mol. The Kier molecular flexibility index (Phi) is 10.3. The summed E-state index contributed by atoms with van der Waals surface area (Å²) in [4.78, 5) is 11.2. The third kappa shape index (κ3) is 5.41. The SMILES string of the molecule is C=COC(=O)C(F)(OC(F)(F)C(F)(F)F)C(F)(F)C(F)(F)C(F)(F)C(F)(F)C(F)(F)C(F)(F)C(F)(F)C(F)(F)C(F)(F)C(F)(F)F. The molecule has 0 aromatic heterocycles. The number of rotatable bonds is 13. The molecule has 0 aromatic rings. The van der Waals surface area contributed by atoms with Gasteiger partial charge in [-0.3, -0.25) is 4.74 Å². The van der Waals surface area contributed by atoms with Crippen LogP contribution in [-0.2, 0) is 14.3 Å². The molecule has 0 amide bonds. The standard InChI is InChI=1S/C16H3F27O3/c1-2-45-3(44)4(17,46-16(42,43)15(39,40)41)5(18,19)6(20,21)7(22,23)8(24,25)9(26,27)10(28,29)11(30,31)12(32,33)13(34,35)14(36,37)38/h2H,1H2. The first-order valence-corrected chi connectivity index (χ1v) is 9.56. The smallest absolute Gasteiger partial charge is 0.431 e. The molecule has 0 N–H and O–H groups in total. The highest BCUT2D eigenvalue weighted by Gasteiger charge is 2.99. The van der Waals surface area contributed by atoms with Crippen LogP contribution >= 0.6 is 0 Å². The fraction of sp³-hybridized carbons (Fsp3) is 0.812. The number of alkyl halides is 27. The first kappa shape index (κ1) is 43.3. The van der Waals surface area contributed by atoms with Crippen LogP contribution in [0.25, 0.3) is 0 Å². The lowest BCUT2D eigenvalue weighted by atomic mass is 9.85. The van der Waals surface area contributed by atoms with Crippen molar-refractivity contribution in [2.75, 3.05) is 0 Å². The van der Waals surface area contributed by atoms with Gasteiger partial charge >= 0.3 is 83.6 Å². The first-order chi connectivity index (χ1) is 19.4. The molecule has 0 fully saturated rings. The minimum atomic E-state index is -9.78. The number of hydrogen-bond donors (Lipinski definition) is 0. The van der Waals surface area contributed by atoms with Gasteiger partial charge in [0.25, 0.3) is 0 Å². The predicted octanol–water partition coefficient (Wildman–Crippen LogP) is 8.79. The van der Waals surface area contributed by atoms with Gasteiger partial charge in [0, 0.05) is 0 Å². The molecule has 0 radical (unpaired) electrons. The van der Waals surface area contributed by atoms with Crippen molar-refractivity contribution in [3.05, 3.63) is 12.8 Å². The molecule has 0 spiro atoms. The van der Waals surface area contributed by atoms with Gasteiger partial charge in [-0.1, -0.05) is 6.58 Å². The van der Waals surface area contributed by atoms with Crippen LogP contribution < -0.4 is 0 Å². The summed E-state index contributed by atoms with van der Waals surface area (Å²) in [6, 6.07) is 0. The molecule has 0 rings (SSSR count). The highest BCUT2D eigenvalue weighted by molar-refractivity contribution is 5.80. The van der Waals surface area contributed by atoms with Crippen molar-refractivity contribution < 1.29 is 133 Å². The van der Waals surface area contributed by atoms with Crippen LogP contribution in [0.1, 0.15) is 0 Å². The van der Waals surface area contributed by atoms with Crippen molar-refractivity contribution in [2.24, 2.45) is 0 Å². The third-order valence-electron chi connectivity index (χ3n) is 4.97. The third-order valence-corrected chi connectivity index (χ3v) is 4.97. The van der Waals surface area contributed by atoms with Crippen molar-refractivity contribution in [3.63, 3.8) is 0 Å². The topological polar surface area (TPSA) is 35.5 Å². The largest absolute Gasteiger partial charge is 0.483 e. The number of halogens is 27. The average molecular weight is 756 g/mol. The highest BCUT2D eigenvalue weighted by Crippen LogP contribution is 2.67. The molecule has 0 aromatic carbocycles. The van der Waals surface area contributed by atoms with Gasteiger partial charge in [0.1, 0.15) is 0 Å². The van der Waals surface area contributed by atoms with E-state index in [1.807, 2.05) is 6.58 Å². The van der Waals surface area contributed by atoms with Gasteiger partial charge in [-0.25, -0.2) is 4.79 Å². The minimum Gasteiger partial charge on any atom is -0.431 e. The van der Waals surface area contributed by atoms with E-state index >= 15 is 0 Å². The molecule has 1 unspecified atom stereocenters. The molecule has 0 saturated carbocycles. The number of esters is 1. The molecule has 1 atom stereocenters. The Morgan fingerprint density at radius 1 is 0.391 bits per heavy atom. The summed E-state index contributed by atoms with van der Waals surface area (Å²) in [6.07, 6.45) is -24.8. The maximum Gasteiger partial charge on any atom is 0.483 e. The van der Waals surface area contributed by atoms with E-state index in [1.165, 1.54) is 4.74 Å². The summed E-state index contributed by atoms with van der Waals surface area (Å²) < 4.78 is 362. The molecular formula is C16H3F27O3. The fourth-order valence-corrected chi connectivity index (χ4v) is 2.38. The van der Waals surface area contributed by atoms with E-state index in [0.29, 0.717) is 0 Å². The molecule has 0 aliphatic carbocycles. The maximum atomic E-state index is 14.4. The van der Waals surface area contributed by atoms with Gasteiger partial charge < -0.3 is 4.74 Å². The van der Waals surface area contributed by atoms with Crippen LogP contribution in [0.2, 0.25) is 0 Å². The molecule has 30 heteroatoms. The van der Waals surface area contributed by atoms with E-state index in [9.17, 15) is 123 Å². The molecule has 274 valence electrons.